The lowest BCUT2D eigenvalue weighted by atomic mass is 9.97. The van der Waals surface area contributed by atoms with Crippen molar-refractivity contribution in [2.24, 2.45) is 0 Å². The Balaban J connectivity index is 1.50. The summed E-state index contributed by atoms with van der Waals surface area (Å²) in [6, 6.07) is 7.51. The van der Waals surface area contributed by atoms with Crippen LogP contribution in [0.15, 0.2) is 18.2 Å². The SMILES string of the molecule is C[C@@H]1CCC[C@H](C)N1C[C@H](O)COc1ccc2c(c1)CCC2. The minimum Gasteiger partial charge on any atom is -0.491 e. The number of aliphatic hydroxyl groups is 1. The van der Waals surface area contributed by atoms with E-state index in [0.29, 0.717) is 25.2 Å². The van der Waals surface area contributed by atoms with Crippen LogP contribution in [0.2, 0.25) is 0 Å². The van der Waals surface area contributed by atoms with Crippen molar-refractivity contribution < 1.29 is 9.84 Å². The van der Waals surface area contributed by atoms with Gasteiger partial charge < -0.3 is 9.84 Å². The summed E-state index contributed by atoms with van der Waals surface area (Å²) in [5.74, 6) is 0.902. The van der Waals surface area contributed by atoms with Crippen LogP contribution in [0.4, 0.5) is 0 Å². The van der Waals surface area contributed by atoms with Gasteiger partial charge in [-0.05, 0) is 69.2 Å². The molecule has 1 fully saturated rings. The summed E-state index contributed by atoms with van der Waals surface area (Å²) in [5.41, 5.74) is 2.88. The number of piperidine rings is 1. The van der Waals surface area contributed by atoms with E-state index in [1.54, 1.807) is 0 Å². The van der Waals surface area contributed by atoms with Crippen LogP contribution in [0, 0.1) is 0 Å². The van der Waals surface area contributed by atoms with Gasteiger partial charge in [-0.2, -0.15) is 0 Å². The third-order valence-electron chi connectivity index (χ3n) is 5.31. The monoisotopic (exact) mass is 303 g/mol. The van der Waals surface area contributed by atoms with E-state index in [2.05, 4.69) is 30.9 Å². The lowest BCUT2D eigenvalue weighted by molar-refractivity contribution is 0.0209. The van der Waals surface area contributed by atoms with Crippen molar-refractivity contribution in [2.75, 3.05) is 13.2 Å². The highest BCUT2D eigenvalue weighted by atomic mass is 16.5. The summed E-state index contributed by atoms with van der Waals surface area (Å²) in [4.78, 5) is 2.43. The van der Waals surface area contributed by atoms with Gasteiger partial charge >= 0.3 is 0 Å². The second-order valence-corrected chi connectivity index (χ2v) is 7.07. The van der Waals surface area contributed by atoms with Crippen molar-refractivity contribution in [1.29, 1.82) is 0 Å². The molecule has 0 amide bonds. The lowest BCUT2D eigenvalue weighted by Gasteiger charge is -2.40. The number of aliphatic hydroxyl groups excluding tert-OH is 1. The second-order valence-electron chi connectivity index (χ2n) is 7.07. The predicted molar refractivity (Wildman–Crippen MR) is 89.4 cm³/mol. The smallest absolute Gasteiger partial charge is 0.119 e. The largest absolute Gasteiger partial charge is 0.491 e. The molecule has 0 saturated carbocycles. The maximum atomic E-state index is 10.3. The molecule has 3 atom stereocenters. The number of rotatable bonds is 5. The maximum absolute atomic E-state index is 10.3. The van der Waals surface area contributed by atoms with E-state index in [0.717, 1.165) is 12.2 Å². The number of fused-ring (bicyclic) bond motifs is 1. The van der Waals surface area contributed by atoms with E-state index < -0.39 is 6.10 Å². The Morgan fingerprint density at radius 2 is 1.86 bits per heavy atom. The van der Waals surface area contributed by atoms with Crippen molar-refractivity contribution in [3.05, 3.63) is 29.3 Å². The maximum Gasteiger partial charge on any atom is 0.119 e. The predicted octanol–water partition coefficient (Wildman–Crippen LogP) is 3.18. The normalized spacial score (nSPS) is 26.7. The molecule has 122 valence electrons. The number of likely N-dealkylation sites (tertiary alicyclic amines) is 1. The molecule has 0 spiro atoms. The van der Waals surface area contributed by atoms with E-state index >= 15 is 0 Å². The topological polar surface area (TPSA) is 32.7 Å². The molecule has 0 radical (unpaired) electrons. The Hall–Kier alpha value is -1.06. The lowest BCUT2D eigenvalue weighted by Crippen LogP contribution is -2.48. The van der Waals surface area contributed by atoms with Gasteiger partial charge in [0.2, 0.25) is 0 Å². The fourth-order valence-electron chi connectivity index (χ4n) is 3.96. The average molecular weight is 303 g/mol. The fraction of sp³-hybridized carbons (Fsp3) is 0.684. The van der Waals surface area contributed by atoms with Crippen molar-refractivity contribution in [3.8, 4) is 5.75 Å². The first-order chi connectivity index (χ1) is 10.6. The zero-order valence-corrected chi connectivity index (χ0v) is 13.9. The van der Waals surface area contributed by atoms with E-state index in [1.165, 1.54) is 43.2 Å². The van der Waals surface area contributed by atoms with Gasteiger partial charge in [0, 0.05) is 18.6 Å². The summed E-state index contributed by atoms with van der Waals surface area (Å²) in [5, 5.41) is 10.3. The Kier molecular flexibility index (Phi) is 5.04. The highest BCUT2D eigenvalue weighted by molar-refractivity contribution is 5.38. The number of β-amino-alcohol motifs (C(OH)–C–C–N with tert-alkyl or cyclic N) is 1. The van der Waals surface area contributed by atoms with Crippen LogP contribution in [0.3, 0.4) is 0 Å². The van der Waals surface area contributed by atoms with Crippen LogP contribution in [0.25, 0.3) is 0 Å². The molecule has 3 nitrogen and oxygen atoms in total. The molecule has 3 rings (SSSR count). The van der Waals surface area contributed by atoms with Crippen LogP contribution < -0.4 is 4.74 Å². The highest BCUT2D eigenvalue weighted by Crippen LogP contribution is 2.26. The molecule has 0 aromatic heterocycles. The van der Waals surface area contributed by atoms with Gasteiger partial charge in [0.15, 0.2) is 0 Å². The summed E-state index contributed by atoms with van der Waals surface area (Å²) in [6.45, 7) is 5.63. The third-order valence-corrected chi connectivity index (χ3v) is 5.31. The molecule has 3 heteroatoms. The number of nitrogens with zero attached hydrogens (tertiary/aromatic N) is 1. The number of benzene rings is 1. The number of aryl methyl sites for hydroxylation is 2. The van der Waals surface area contributed by atoms with E-state index in [-0.39, 0.29) is 0 Å². The number of hydrogen-bond donors (Lipinski definition) is 1. The summed E-state index contributed by atoms with van der Waals surface area (Å²) in [6.07, 6.45) is 6.98. The standard InChI is InChI=1S/C19H29NO2/c1-14-5-3-6-15(2)20(14)12-18(21)13-22-19-10-9-16-7-4-8-17(16)11-19/h9-11,14-15,18,21H,3-8,12-13H2,1-2H3/t14-,15+,18-/m0/s1. The van der Waals surface area contributed by atoms with Crippen LogP contribution in [-0.2, 0) is 12.8 Å². The molecule has 1 saturated heterocycles. The number of hydrogen-bond acceptors (Lipinski definition) is 3. The molecule has 1 aliphatic carbocycles. The Morgan fingerprint density at radius 1 is 1.14 bits per heavy atom. The minimum absolute atomic E-state index is 0.384. The first kappa shape index (κ1) is 15.8. The van der Waals surface area contributed by atoms with Crippen molar-refractivity contribution in [2.45, 2.75) is 70.6 Å². The Morgan fingerprint density at radius 3 is 2.64 bits per heavy atom. The highest BCUT2D eigenvalue weighted by Gasteiger charge is 2.26. The summed E-state index contributed by atoms with van der Waals surface area (Å²) < 4.78 is 5.83. The minimum atomic E-state index is -0.420. The van der Waals surface area contributed by atoms with Gasteiger partial charge in [-0.1, -0.05) is 12.5 Å². The molecule has 0 bridgehead atoms. The zero-order chi connectivity index (χ0) is 15.5. The van der Waals surface area contributed by atoms with Gasteiger partial charge in [0.05, 0.1) is 0 Å². The zero-order valence-electron chi connectivity index (χ0n) is 13.9. The second kappa shape index (κ2) is 7.01. The van der Waals surface area contributed by atoms with Crippen molar-refractivity contribution >= 4 is 0 Å². The molecule has 1 aromatic carbocycles. The average Bonchev–Trinajstić information content (AvgIpc) is 2.96. The fourth-order valence-corrected chi connectivity index (χ4v) is 3.96. The van der Waals surface area contributed by atoms with E-state index in [4.69, 9.17) is 4.74 Å². The van der Waals surface area contributed by atoms with Gasteiger partial charge in [0.1, 0.15) is 18.5 Å². The van der Waals surface area contributed by atoms with Gasteiger partial charge in [-0.15, -0.1) is 0 Å². The molecular weight excluding hydrogens is 274 g/mol. The van der Waals surface area contributed by atoms with Crippen LogP contribution >= 0.6 is 0 Å². The summed E-state index contributed by atoms with van der Waals surface area (Å²) in [7, 11) is 0. The molecule has 0 unspecified atom stereocenters. The Labute approximate surface area is 134 Å². The quantitative estimate of drug-likeness (QED) is 0.907. The van der Waals surface area contributed by atoms with Gasteiger partial charge in [-0.3, -0.25) is 4.90 Å². The molecule has 22 heavy (non-hydrogen) atoms. The summed E-state index contributed by atoms with van der Waals surface area (Å²) >= 11 is 0. The van der Waals surface area contributed by atoms with E-state index in [1.807, 2.05) is 6.07 Å². The molecule has 1 aromatic rings. The molecule has 2 aliphatic rings. The van der Waals surface area contributed by atoms with E-state index in [9.17, 15) is 5.11 Å². The van der Waals surface area contributed by atoms with Crippen molar-refractivity contribution in [3.63, 3.8) is 0 Å². The molecule has 1 aliphatic heterocycles. The van der Waals surface area contributed by atoms with Crippen LogP contribution in [-0.4, -0.2) is 41.3 Å². The molecule has 1 heterocycles. The van der Waals surface area contributed by atoms with Crippen molar-refractivity contribution in [1.82, 2.24) is 4.90 Å². The van der Waals surface area contributed by atoms with Crippen LogP contribution in [0.1, 0.15) is 50.7 Å². The molecular formula is C19H29NO2. The number of ether oxygens (including phenoxy) is 1. The van der Waals surface area contributed by atoms with Crippen LogP contribution in [0.5, 0.6) is 5.75 Å². The van der Waals surface area contributed by atoms with Gasteiger partial charge in [0.25, 0.3) is 0 Å². The van der Waals surface area contributed by atoms with Gasteiger partial charge in [-0.25, -0.2) is 0 Å². The molecule has 1 N–H and O–H groups in total. The third kappa shape index (κ3) is 3.64. The Bertz CT molecular complexity index is 492. The first-order valence-corrected chi connectivity index (χ1v) is 8.82. The first-order valence-electron chi connectivity index (χ1n) is 8.82.